The van der Waals surface area contributed by atoms with Gasteiger partial charge in [-0.05, 0) is 55.4 Å². The number of halogens is 1. The Morgan fingerprint density at radius 3 is 2.52 bits per heavy atom. The molecule has 0 aliphatic carbocycles. The highest BCUT2D eigenvalue weighted by Crippen LogP contribution is 2.45. The number of rotatable bonds is 6. The number of hydrogen-bond acceptors (Lipinski definition) is 4. The maximum absolute atomic E-state index is 13.6. The van der Waals surface area contributed by atoms with Crippen LogP contribution in [-0.2, 0) is 22.6 Å². The van der Waals surface area contributed by atoms with Gasteiger partial charge in [-0.3, -0.25) is 14.2 Å². The summed E-state index contributed by atoms with van der Waals surface area (Å²) in [5.74, 6) is 0.132. The van der Waals surface area contributed by atoms with E-state index in [0.29, 0.717) is 44.8 Å². The number of hydrogen-bond donors (Lipinski definition) is 0. The first kappa shape index (κ1) is 23.1. The fourth-order valence-electron chi connectivity index (χ4n) is 5.17. The standard InChI is InChI=1S/C25H31FN4O3/c1-18(2)16-30-21(14-19-4-6-20(26)7-5-19)15-25(23(30)32)8-12-28(13-9-25)22(31)17-29-11-3-10-27-24(29)33/h3-7,10-11,18,21H,8-9,12-17H2,1-2H3/t21-/m1/s1. The van der Waals surface area contributed by atoms with Gasteiger partial charge < -0.3 is 9.80 Å². The fraction of sp³-hybridized carbons (Fsp3) is 0.520. The van der Waals surface area contributed by atoms with Crippen molar-refractivity contribution in [3.8, 4) is 0 Å². The minimum absolute atomic E-state index is 0.0414. The summed E-state index contributed by atoms with van der Waals surface area (Å²) in [5, 5.41) is 0. The summed E-state index contributed by atoms with van der Waals surface area (Å²) in [6.07, 6.45) is 5.66. The van der Waals surface area contributed by atoms with Crippen LogP contribution in [0.5, 0.6) is 0 Å². The van der Waals surface area contributed by atoms with Gasteiger partial charge in [0, 0.05) is 38.1 Å². The smallest absolute Gasteiger partial charge is 0.341 e. The normalized spacial score (nSPS) is 20.1. The lowest BCUT2D eigenvalue weighted by Gasteiger charge is -2.38. The molecule has 2 aliphatic rings. The van der Waals surface area contributed by atoms with Gasteiger partial charge >= 0.3 is 5.69 Å². The number of piperidine rings is 1. The van der Waals surface area contributed by atoms with Crippen LogP contribution in [0.25, 0.3) is 0 Å². The second kappa shape index (κ2) is 9.45. The largest absolute Gasteiger partial charge is 0.347 e. The Morgan fingerprint density at radius 2 is 1.88 bits per heavy atom. The van der Waals surface area contributed by atoms with Crippen molar-refractivity contribution in [3.05, 3.63) is 64.6 Å². The van der Waals surface area contributed by atoms with Crippen LogP contribution in [0.1, 0.15) is 38.7 Å². The lowest BCUT2D eigenvalue weighted by Crippen LogP contribution is -2.48. The van der Waals surface area contributed by atoms with Crippen molar-refractivity contribution in [3.63, 3.8) is 0 Å². The molecule has 1 atom stereocenters. The third-order valence-electron chi connectivity index (χ3n) is 6.89. The van der Waals surface area contributed by atoms with Crippen molar-refractivity contribution in [1.29, 1.82) is 0 Å². The van der Waals surface area contributed by atoms with Gasteiger partial charge in [-0.2, -0.15) is 0 Å². The van der Waals surface area contributed by atoms with E-state index in [4.69, 9.17) is 0 Å². The van der Waals surface area contributed by atoms with Crippen LogP contribution in [-0.4, -0.2) is 56.8 Å². The molecule has 0 radical (unpaired) electrons. The molecule has 7 nitrogen and oxygen atoms in total. The monoisotopic (exact) mass is 454 g/mol. The van der Waals surface area contributed by atoms with Crippen LogP contribution in [0.3, 0.4) is 0 Å². The average molecular weight is 455 g/mol. The van der Waals surface area contributed by atoms with Crippen molar-refractivity contribution >= 4 is 11.8 Å². The molecule has 8 heteroatoms. The third kappa shape index (κ3) is 4.99. The lowest BCUT2D eigenvalue weighted by atomic mass is 9.75. The molecule has 33 heavy (non-hydrogen) atoms. The zero-order chi connectivity index (χ0) is 23.6. The van der Waals surface area contributed by atoms with E-state index in [2.05, 4.69) is 18.8 Å². The molecule has 4 rings (SSSR count). The zero-order valence-corrected chi connectivity index (χ0v) is 19.2. The van der Waals surface area contributed by atoms with Crippen molar-refractivity contribution in [1.82, 2.24) is 19.4 Å². The van der Waals surface area contributed by atoms with Crippen LogP contribution in [0.15, 0.2) is 47.5 Å². The molecule has 1 aromatic carbocycles. The Morgan fingerprint density at radius 1 is 1.18 bits per heavy atom. The summed E-state index contributed by atoms with van der Waals surface area (Å²) in [5.41, 5.74) is 0.120. The summed E-state index contributed by atoms with van der Waals surface area (Å²) < 4.78 is 14.6. The number of carbonyl (C=O) groups excluding carboxylic acids is 2. The van der Waals surface area contributed by atoms with E-state index >= 15 is 0 Å². The summed E-state index contributed by atoms with van der Waals surface area (Å²) in [7, 11) is 0. The molecular weight excluding hydrogens is 423 g/mol. The molecule has 1 spiro atoms. The topological polar surface area (TPSA) is 75.5 Å². The van der Waals surface area contributed by atoms with E-state index in [0.717, 1.165) is 12.0 Å². The second-order valence-electron chi connectivity index (χ2n) is 9.73. The van der Waals surface area contributed by atoms with Gasteiger partial charge in [-0.1, -0.05) is 26.0 Å². The molecule has 2 saturated heterocycles. The molecule has 0 unspecified atom stereocenters. The molecule has 1 aromatic heterocycles. The molecule has 2 amide bonds. The molecule has 0 saturated carbocycles. The number of carbonyl (C=O) groups is 2. The molecule has 0 N–H and O–H groups in total. The molecule has 0 bridgehead atoms. The van der Waals surface area contributed by atoms with E-state index in [-0.39, 0.29) is 30.2 Å². The van der Waals surface area contributed by atoms with Gasteiger partial charge in [-0.25, -0.2) is 14.2 Å². The van der Waals surface area contributed by atoms with Crippen LogP contribution >= 0.6 is 0 Å². The van der Waals surface area contributed by atoms with Crippen LogP contribution in [0, 0.1) is 17.2 Å². The van der Waals surface area contributed by atoms with E-state index in [9.17, 15) is 18.8 Å². The van der Waals surface area contributed by atoms with E-state index in [1.54, 1.807) is 29.3 Å². The first-order chi connectivity index (χ1) is 15.8. The van der Waals surface area contributed by atoms with Gasteiger partial charge in [0.2, 0.25) is 11.8 Å². The van der Waals surface area contributed by atoms with Crippen LogP contribution < -0.4 is 5.69 Å². The number of benzene rings is 1. The van der Waals surface area contributed by atoms with E-state index in [1.807, 2.05) is 4.90 Å². The number of aromatic nitrogens is 2. The van der Waals surface area contributed by atoms with Crippen molar-refractivity contribution < 1.29 is 14.0 Å². The molecule has 2 aromatic rings. The number of amides is 2. The maximum atomic E-state index is 13.6. The van der Waals surface area contributed by atoms with Gasteiger partial charge in [-0.15, -0.1) is 0 Å². The van der Waals surface area contributed by atoms with Gasteiger partial charge in [0.05, 0.1) is 5.41 Å². The predicted molar refractivity (Wildman–Crippen MR) is 122 cm³/mol. The Kier molecular flexibility index (Phi) is 6.63. The van der Waals surface area contributed by atoms with Gasteiger partial charge in [0.25, 0.3) is 0 Å². The maximum Gasteiger partial charge on any atom is 0.347 e. The fourth-order valence-corrected chi connectivity index (χ4v) is 5.17. The molecule has 176 valence electrons. The van der Waals surface area contributed by atoms with Crippen LogP contribution in [0.4, 0.5) is 4.39 Å². The highest BCUT2D eigenvalue weighted by Gasteiger charge is 2.52. The summed E-state index contributed by atoms with van der Waals surface area (Å²) in [6, 6.07) is 8.21. The minimum Gasteiger partial charge on any atom is -0.341 e. The average Bonchev–Trinajstić information content (AvgIpc) is 3.02. The number of likely N-dealkylation sites (tertiary alicyclic amines) is 2. The SMILES string of the molecule is CC(C)CN1C(=O)C2(CCN(C(=O)Cn3cccnc3=O)CC2)C[C@H]1Cc1ccc(F)cc1. The first-order valence-electron chi connectivity index (χ1n) is 11.6. The van der Waals surface area contributed by atoms with Crippen molar-refractivity contribution in [2.24, 2.45) is 11.3 Å². The van der Waals surface area contributed by atoms with E-state index in [1.165, 1.54) is 22.9 Å². The summed E-state index contributed by atoms with van der Waals surface area (Å²) in [6.45, 7) is 5.86. The highest BCUT2D eigenvalue weighted by atomic mass is 19.1. The van der Waals surface area contributed by atoms with Crippen LogP contribution in [0.2, 0.25) is 0 Å². The van der Waals surface area contributed by atoms with Crippen molar-refractivity contribution in [2.45, 2.75) is 52.1 Å². The zero-order valence-electron chi connectivity index (χ0n) is 19.2. The molecule has 3 heterocycles. The second-order valence-corrected chi connectivity index (χ2v) is 9.73. The Hall–Kier alpha value is -3.03. The van der Waals surface area contributed by atoms with Gasteiger partial charge in [0.1, 0.15) is 12.4 Å². The summed E-state index contributed by atoms with van der Waals surface area (Å²) >= 11 is 0. The van der Waals surface area contributed by atoms with Crippen molar-refractivity contribution in [2.75, 3.05) is 19.6 Å². The van der Waals surface area contributed by atoms with Gasteiger partial charge in [0.15, 0.2) is 0 Å². The minimum atomic E-state index is -0.457. The molecule has 2 fully saturated rings. The first-order valence-corrected chi connectivity index (χ1v) is 11.6. The molecule has 2 aliphatic heterocycles. The quantitative estimate of drug-likeness (QED) is 0.672. The Balaban J connectivity index is 1.44. The summed E-state index contributed by atoms with van der Waals surface area (Å²) in [4.78, 5) is 45.6. The predicted octanol–water partition coefficient (Wildman–Crippen LogP) is 2.49. The Bertz CT molecular complexity index is 1060. The highest BCUT2D eigenvalue weighted by molar-refractivity contribution is 5.86. The third-order valence-corrected chi connectivity index (χ3v) is 6.89. The molecular formula is C25H31FN4O3. The Labute approximate surface area is 193 Å². The lowest BCUT2D eigenvalue weighted by molar-refractivity contribution is -0.143. The van der Waals surface area contributed by atoms with E-state index < -0.39 is 11.1 Å². The number of nitrogens with zero attached hydrogens (tertiary/aromatic N) is 4.